The summed E-state index contributed by atoms with van der Waals surface area (Å²) in [5.41, 5.74) is 0.461. The lowest BCUT2D eigenvalue weighted by atomic mass is 10.2. The second-order valence-electron chi connectivity index (χ2n) is 7.16. The van der Waals surface area contributed by atoms with Crippen LogP contribution in [0.5, 0.6) is 0 Å². The van der Waals surface area contributed by atoms with Crippen LogP contribution in [-0.4, -0.2) is 82.6 Å². The smallest absolute Gasteiger partial charge is 0.240 e. The van der Waals surface area contributed by atoms with E-state index in [0.717, 1.165) is 0 Å². The van der Waals surface area contributed by atoms with E-state index in [9.17, 15) is 13.2 Å². The molecule has 1 fully saturated rings. The van der Waals surface area contributed by atoms with Gasteiger partial charge in [0.15, 0.2) is 5.78 Å². The number of nitrogens with zero attached hydrogens (tertiary/aromatic N) is 5. The number of Topliss-reactive ketones (excluding diaryl/α,β-unsaturated/α-hetero) is 1. The average molecular weight is 450 g/mol. The Morgan fingerprint density at radius 2 is 1.77 bits per heavy atom. The maximum atomic E-state index is 12.4. The van der Waals surface area contributed by atoms with Gasteiger partial charge >= 0.3 is 0 Å². The van der Waals surface area contributed by atoms with Crippen molar-refractivity contribution in [3.8, 4) is 0 Å². The molecular weight excluding hydrogens is 422 g/mol. The number of hydrogen-bond acceptors (Lipinski definition) is 10. The minimum atomic E-state index is -3.69. The molecule has 12 heteroatoms. The molecule has 0 unspecified atom stereocenters. The number of sulfonamides is 1. The monoisotopic (exact) mass is 449 g/mol. The second kappa shape index (κ2) is 9.98. The molecule has 1 aromatic carbocycles. The lowest BCUT2D eigenvalue weighted by Crippen LogP contribution is -2.38. The van der Waals surface area contributed by atoms with Crippen LogP contribution in [0.3, 0.4) is 0 Å². The molecule has 0 spiro atoms. The van der Waals surface area contributed by atoms with Crippen LogP contribution < -0.4 is 19.8 Å². The van der Waals surface area contributed by atoms with Gasteiger partial charge in [-0.15, -0.1) is 0 Å². The van der Waals surface area contributed by atoms with Crippen LogP contribution in [0.15, 0.2) is 29.2 Å². The second-order valence-corrected chi connectivity index (χ2v) is 8.92. The van der Waals surface area contributed by atoms with Crippen LogP contribution in [-0.2, 0) is 14.8 Å². The number of aromatic nitrogens is 3. The molecule has 2 N–H and O–H groups in total. The first-order valence-corrected chi connectivity index (χ1v) is 11.4. The van der Waals surface area contributed by atoms with Crippen molar-refractivity contribution in [3.63, 3.8) is 0 Å². The fraction of sp³-hybridized carbons (Fsp3) is 0.474. The Morgan fingerprint density at radius 1 is 1.10 bits per heavy atom. The summed E-state index contributed by atoms with van der Waals surface area (Å²) in [4.78, 5) is 28.6. The minimum Gasteiger partial charge on any atom is -0.378 e. The van der Waals surface area contributed by atoms with Crippen LogP contribution in [0.1, 0.15) is 17.3 Å². The van der Waals surface area contributed by atoms with Crippen molar-refractivity contribution in [2.24, 2.45) is 0 Å². The summed E-state index contributed by atoms with van der Waals surface area (Å²) in [5, 5.41) is 3.05. The summed E-state index contributed by atoms with van der Waals surface area (Å²) in [6, 6.07) is 5.82. The lowest BCUT2D eigenvalue weighted by Gasteiger charge is -2.27. The SMILES string of the molecule is CC(=O)c1ccc(S(=O)(=O)NCCNc2nc(N(C)C)nc(N3CCOCC3)n2)cc1. The third kappa shape index (κ3) is 6.09. The number of carbonyl (C=O) groups excluding carboxylic acids is 1. The van der Waals surface area contributed by atoms with Crippen molar-refractivity contribution in [1.82, 2.24) is 19.7 Å². The predicted octanol–water partition coefficient (Wildman–Crippen LogP) is 0.367. The van der Waals surface area contributed by atoms with Gasteiger partial charge in [0.05, 0.1) is 18.1 Å². The van der Waals surface area contributed by atoms with Crippen molar-refractivity contribution in [2.45, 2.75) is 11.8 Å². The van der Waals surface area contributed by atoms with Crippen molar-refractivity contribution >= 4 is 33.7 Å². The van der Waals surface area contributed by atoms with Gasteiger partial charge in [-0.2, -0.15) is 15.0 Å². The molecule has 0 atom stereocenters. The van der Waals surface area contributed by atoms with Gasteiger partial charge in [-0.25, -0.2) is 13.1 Å². The molecule has 2 aromatic rings. The Balaban J connectivity index is 1.61. The quantitative estimate of drug-likeness (QED) is 0.409. The summed E-state index contributed by atoms with van der Waals surface area (Å²) in [6.45, 7) is 4.45. The molecule has 1 aliphatic heterocycles. The summed E-state index contributed by atoms with van der Waals surface area (Å²) in [5.74, 6) is 1.30. The van der Waals surface area contributed by atoms with Crippen molar-refractivity contribution < 1.29 is 17.9 Å². The molecule has 0 bridgehead atoms. The third-order valence-corrected chi connectivity index (χ3v) is 6.05. The normalized spacial score (nSPS) is 14.4. The molecule has 0 aliphatic carbocycles. The van der Waals surface area contributed by atoms with E-state index < -0.39 is 10.0 Å². The number of benzene rings is 1. The maximum Gasteiger partial charge on any atom is 0.240 e. The van der Waals surface area contributed by atoms with E-state index in [4.69, 9.17) is 4.74 Å². The van der Waals surface area contributed by atoms with Crippen LogP contribution in [0, 0.1) is 0 Å². The summed E-state index contributed by atoms with van der Waals surface area (Å²) in [7, 11) is -0.00690. The standard InChI is InChI=1S/C19H27N7O4S/c1-14(27)15-4-6-16(7-5-15)31(28,29)21-9-8-20-17-22-18(25(2)3)24-19(23-17)26-10-12-30-13-11-26/h4-7,21H,8-13H2,1-3H3,(H,20,22,23,24). The lowest BCUT2D eigenvalue weighted by molar-refractivity contribution is 0.101. The molecule has 2 heterocycles. The van der Waals surface area contributed by atoms with Crippen molar-refractivity contribution in [1.29, 1.82) is 0 Å². The van der Waals surface area contributed by atoms with Gasteiger partial charge in [0.1, 0.15) is 0 Å². The number of ketones is 1. The molecule has 1 aromatic heterocycles. The number of anilines is 3. The van der Waals surface area contributed by atoms with Crippen LogP contribution in [0.25, 0.3) is 0 Å². The van der Waals surface area contributed by atoms with E-state index in [0.29, 0.717) is 49.7 Å². The highest BCUT2D eigenvalue weighted by Gasteiger charge is 2.18. The van der Waals surface area contributed by atoms with Gasteiger partial charge in [-0.1, -0.05) is 12.1 Å². The zero-order chi connectivity index (χ0) is 22.4. The molecule has 0 radical (unpaired) electrons. The Hall–Kier alpha value is -2.83. The topological polar surface area (TPSA) is 130 Å². The Kier molecular flexibility index (Phi) is 7.36. The summed E-state index contributed by atoms with van der Waals surface area (Å²) >= 11 is 0. The van der Waals surface area contributed by atoms with Gasteiger partial charge in [-0.05, 0) is 19.1 Å². The van der Waals surface area contributed by atoms with Gasteiger partial charge in [0.2, 0.25) is 27.9 Å². The van der Waals surface area contributed by atoms with Crippen LogP contribution >= 0.6 is 0 Å². The van der Waals surface area contributed by atoms with Crippen molar-refractivity contribution in [3.05, 3.63) is 29.8 Å². The fourth-order valence-electron chi connectivity index (χ4n) is 2.85. The van der Waals surface area contributed by atoms with Gasteiger partial charge in [-0.3, -0.25) is 4.79 Å². The minimum absolute atomic E-state index is 0.0992. The van der Waals surface area contributed by atoms with E-state index in [-0.39, 0.29) is 23.8 Å². The first-order valence-electron chi connectivity index (χ1n) is 9.87. The van der Waals surface area contributed by atoms with E-state index >= 15 is 0 Å². The molecule has 0 saturated carbocycles. The number of carbonyl (C=O) groups is 1. The molecule has 11 nitrogen and oxygen atoms in total. The molecule has 31 heavy (non-hydrogen) atoms. The third-order valence-electron chi connectivity index (χ3n) is 4.58. The highest BCUT2D eigenvalue weighted by atomic mass is 32.2. The van der Waals surface area contributed by atoms with Crippen molar-refractivity contribution in [2.75, 3.05) is 68.6 Å². The molecular formula is C19H27N7O4S. The van der Waals surface area contributed by atoms with E-state index in [1.807, 2.05) is 19.0 Å². The summed E-state index contributed by atoms with van der Waals surface area (Å²) in [6.07, 6.45) is 0. The Morgan fingerprint density at radius 3 is 2.39 bits per heavy atom. The molecule has 0 amide bonds. The zero-order valence-electron chi connectivity index (χ0n) is 17.8. The van der Waals surface area contributed by atoms with E-state index in [1.165, 1.54) is 31.2 Å². The van der Waals surface area contributed by atoms with E-state index in [1.54, 1.807) is 4.90 Å². The maximum absolute atomic E-state index is 12.4. The van der Waals surface area contributed by atoms with Gasteiger partial charge in [0, 0.05) is 45.8 Å². The Labute approximate surface area is 181 Å². The number of nitrogens with one attached hydrogen (secondary N) is 2. The number of morpholine rings is 1. The average Bonchev–Trinajstić information content (AvgIpc) is 2.77. The molecule has 1 saturated heterocycles. The molecule has 168 valence electrons. The highest BCUT2D eigenvalue weighted by molar-refractivity contribution is 7.89. The zero-order valence-corrected chi connectivity index (χ0v) is 18.6. The predicted molar refractivity (Wildman–Crippen MR) is 117 cm³/mol. The fourth-order valence-corrected chi connectivity index (χ4v) is 3.88. The van der Waals surface area contributed by atoms with Crippen LogP contribution in [0.4, 0.5) is 17.8 Å². The summed E-state index contributed by atoms with van der Waals surface area (Å²) < 4.78 is 32.8. The number of hydrogen-bond donors (Lipinski definition) is 2. The first kappa shape index (κ1) is 22.8. The largest absolute Gasteiger partial charge is 0.378 e. The van der Waals surface area contributed by atoms with Gasteiger partial charge in [0.25, 0.3) is 0 Å². The first-order chi connectivity index (χ1) is 14.8. The van der Waals surface area contributed by atoms with E-state index in [2.05, 4.69) is 25.0 Å². The Bertz CT molecular complexity index is 1010. The van der Waals surface area contributed by atoms with Crippen LogP contribution in [0.2, 0.25) is 0 Å². The highest BCUT2D eigenvalue weighted by Crippen LogP contribution is 2.16. The van der Waals surface area contributed by atoms with Gasteiger partial charge < -0.3 is 19.9 Å². The molecule has 1 aliphatic rings. The number of rotatable bonds is 9. The molecule has 3 rings (SSSR count). The number of ether oxygens (including phenoxy) is 1.